The van der Waals surface area contributed by atoms with Gasteiger partial charge in [-0.25, -0.2) is 0 Å². The maximum absolute atomic E-state index is 11.9. The van der Waals surface area contributed by atoms with Gasteiger partial charge in [0.1, 0.15) is 0 Å². The summed E-state index contributed by atoms with van der Waals surface area (Å²) in [4.78, 5) is 22.7. The van der Waals surface area contributed by atoms with Crippen LogP contribution in [-0.4, -0.2) is 35.7 Å². The summed E-state index contributed by atoms with van der Waals surface area (Å²) < 4.78 is 5.39. The molecule has 0 aliphatic heterocycles. The molecule has 1 amide bonds. The monoisotopic (exact) mass is 257 g/mol. The van der Waals surface area contributed by atoms with Crippen molar-refractivity contribution < 1.29 is 19.4 Å². The van der Waals surface area contributed by atoms with Crippen molar-refractivity contribution in [1.29, 1.82) is 0 Å². The summed E-state index contributed by atoms with van der Waals surface area (Å²) in [5.41, 5.74) is -0.311. The number of hydrogen-bond donors (Lipinski definition) is 2. The minimum Gasteiger partial charge on any atom is -0.481 e. The van der Waals surface area contributed by atoms with Gasteiger partial charge in [0.2, 0.25) is 5.91 Å². The summed E-state index contributed by atoms with van der Waals surface area (Å²) >= 11 is 0. The van der Waals surface area contributed by atoms with Crippen molar-refractivity contribution >= 4 is 11.9 Å². The van der Waals surface area contributed by atoms with E-state index in [2.05, 4.69) is 5.32 Å². The van der Waals surface area contributed by atoms with Crippen LogP contribution in [0.4, 0.5) is 0 Å². The second-order valence-electron chi connectivity index (χ2n) is 5.43. The van der Waals surface area contributed by atoms with Crippen molar-refractivity contribution in [3.63, 3.8) is 0 Å². The molecule has 104 valence electrons. The number of methoxy groups -OCH3 is 1. The summed E-state index contributed by atoms with van der Waals surface area (Å²) in [5.74, 6) is -0.902. The van der Waals surface area contributed by atoms with Gasteiger partial charge in [-0.2, -0.15) is 0 Å². The molecule has 5 nitrogen and oxygen atoms in total. The van der Waals surface area contributed by atoms with Crippen molar-refractivity contribution in [3.05, 3.63) is 0 Å². The molecular weight excluding hydrogens is 234 g/mol. The Balaban J connectivity index is 2.48. The molecule has 18 heavy (non-hydrogen) atoms. The van der Waals surface area contributed by atoms with E-state index in [1.807, 2.05) is 13.8 Å². The van der Waals surface area contributed by atoms with Gasteiger partial charge in [0.25, 0.3) is 0 Å². The van der Waals surface area contributed by atoms with Crippen LogP contribution in [0.25, 0.3) is 0 Å². The van der Waals surface area contributed by atoms with Crippen LogP contribution in [0.3, 0.4) is 0 Å². The Morgan fingerprint density at radius 1 is 1.39 bits per heavy atom. The van der Waals surface area contributed by atoms with Crippen molar-refractivity contribution in [3.8, 4) is 0 Å². The third kappa shape index (κ3) is 3.98. The number of aliphatic carboxylic acids is 1. The second-order valence-corrected chi connectivity index (χ2v) is 5.43. The molecule has 0 aromatic heterocycles. The Bertz CT molecular complexity index is 305. The molecule has 0 aromatic rings. The van der Waals surface area contributed by atoms with Gasteiger partial charge in [-0.1, -0.05) is 13.8 Å². The summed E-state index contributed by atoms with van der Waals surface area (Å²) in [5, 5.41) is 11.6. The predicted molar refractivity (Wildman–Crippen MR) is 67.2 cm³/mol. The van der Waals surface area contributed by atoms with Gasteiger partial charge in [-0.05, 0) is 25.2 Å². The molecule has 2 N–H and O–H groups in total. The lowest BCUT2D eigenvalue weighted by Gasteiger charge is -2.40. The fourth-order valence-corrected chi connectivity index (χ4v) is 2.22. The van der Waals surface area contributed by atoms with Gasteiger partial charge in [-0.15, -0.1) is 0 Å². The van der Waals surface area contributed by atoms with Gasteiger partial charge < -0.3 is 15.2 Å². The summed E-state index contributed by atoms with van der Waals surface area (Å²) in [6.07, 6.45) is 3.18. The van der Waals surface area contributed by atoms with E-state index in [-0.39, 0.29) is 29.9 Å². The Morgan fingerprint density at radius 3 is 2.33 bits per heavy atom. The fourth-order valence-electron chi connectivity index (χ4n) is 2.22. The number of amides is 1. The maximum atomic E-state index is 11.9. The highest BCUT2D eigenvalue weighted by Gasteiger charge is 2.39. The molecule has 1 aliphatic rings. The minimum absolute atomic E-state index is 0.0383. The van der Waals surface area contributed by atoms with E-state index in [0.717, 1.165) is 19.3 Å². The Kier molecular flexibility index (Phi) is 5.14. The van der Waals surface area contributed by atoms with E-state index in [9.17, 15) is 9.59 Å². The smallest absolute Gasteiger partial charge is 0.305 e. The van der Waals surface area contributed by atoms with Crippen molar-refractivity contribution in [2.24, 2.45) is 5.92 Å². The molecule has 0 radical (unpaired) electrons. The average Bonchev–Trinajstić information content (AvgIpc) is 2.21. The van der Waals surface area contributed by atoms with Crippen LogP contribution in [0.2, 0.25) is 0 Å². The lowest BCUT2D eigenvalue weighted by atomic mass is 9.77. The van der Waals surface area contributed by atoms with Crippen molar-refractivity contribution in [2.75, 3.05) is 7.11 Å². The van der Waals surface area contributed by atoms with Crippen LogP contribution in [0, 0.1) is 5.92 Å². The zero-order valence-corrected chi connectivity index (χ0v) is 11.4. The molecule has 1 unspecified atom stereocenters. The third-order valence-corrected chi connectivity index (χ3v) is 3.73. The highest BCUT2D eigenvalue weighted by Crippen LogP contribution is 2.37. The first kappa shape index (κ1) is 15.0. The van der Waals surface area contributed by atoms with Gasteiger partial charge in [-0.3, -0.25) is 9.59 Å². The average molecular weight is 257 g/mol. The number of carbonyl (C=O) groups excluding carboxylic acids is 1. The van der Waals surface area contributed by atoms with Crippen LogP contribution < -0.4 is 5.32 Å². The highest BCUT2D eigenvalue weighted by molar-refractivity contribution is 5.78. The van der Waals surface area contributed by atoms with Crippen LogP contribution in [0.1, 0.15) is 46.0 Å². The Morgan fingerprint density at radius 2 is 2.00 bits per heavy atom. The molecule has 1 aliphatic carbocycles. The van der Waals surface area contributed by atoms with E-state index in [1.165, 1.54) is 0 Å². The van der Waals surface area contributed by atoms with Crippen molar-refractivity contribution in [2.45, 2.75) is 57.6 Å². The number of carboxylic acids is 1. The molecule has 5 heteroatoms. The van der Waals surface area contributed by atoms with Crippen LogP contribution in [0.15, 0.2) is 0 Å². The van der Waals surface area contributed by atoms with Gasteiger partial charge in [0.15, 0.2) is 0 Å². The molecule has 1 atom stereocenters. The van der Waals surface area contributed by atoms with Crippen molar-refractivity contribution in [1.82, 2.24) is 5.32 Å². The Hall–Kier alpha value is -1.10. The predicted octanol–water partition coefficient (Wildman–Crippen LogP) is 1.56. The molecule has 1 saturated carbocycles. The SMILES string of the molecule is COC1(CC(=O)NC(CC(=O)O)C(C)C)CCC1. The normalized spacial score (nSPS) is 19.1. The number of ether oxygens (including phenoxy) is 1. The summed E-state index contributed by atoms with van der Waals surface area (Å²) in [6.45, 7) is 3.81. The zero-order chi connectivity index (χ0) is 13.8. The molecular formula is C13H23NO4. The first-order chi connectivity index (χ1) is 8.38. The van der Waals surface area contributed by atoms with Gasteiger partial charge in [0, 0.05) is 13.2 Å². The molecule has 0 bridgehead atoms. The molecule has 0 saturated heterocycles. The molecule has 0 heterocycles. The molecule has 1 fully saturated rings. The third-order valence-electron chi connectivity index (χ3n) is 3.73. The molecule has 1 rings (SSSR count). The largest absolute Gasteiger partial charge is 0.481 e. The Labute approximate surface area is 108 Å². The lowest BCUT2D eigenvalue weighted by molar-refractivity contribution is -0.139. The van der Waals surface area contributed by atoms with E-state index in [4.69, 9.17) is 9.84 Å². The number of nitrogens with one attached hydrogen (secondary N) is 1. The molecule has 0 aromatic carbocycles. The van der Waals surface area contributed by atoms with E-state index in [1.54, 1.807) is 7.11 Å². The first-order valence-corrected chi connectivity index (χ1v) is 6.45. The summed E-state index contributed by atoms with van der Waals surface area (Å²) in [6, 6.07) is -0.316. The minimum atomic E-state index is -0.890. The maximum Gasteiger partial charge on any atom is 0.305 e. The van der Waals surface area contributed by atoms with Crippen LogP contribution in [-0.2, 0) is 14.3 Å². The van der Waals surface area contributed by atoms with Gasteiger partial charge >= 0.3 is 5.97 Å². The van der Waals surface area contributed by atoms with E-state index < -0.39 is 5.97 Å². The van der Waals surface area contributed by atoms with Gasteiger partial charge in [0.05, 0.1) is 18.4 Å². The topological polar surface area (TPSA) is 75.6 Å². The first-order valence-electron chi connectivity index (χ1n) is 6.45. The standard InChI is InChI=1S/C13H23NO4/c1-9(2)10(7-12(16)17)14-11(15)8-13(18-3)5-4-6-13/h9-10H,4-8H2,1-3H3,(H,14,15)(H,16,17). The molecule has 0 spiro atoms. The fraction of sp³-hybridized carbons (Fsp3) is 0.846. The van der Waals surface area contributed by atoms with E-state index >= 15 is 0 Å². The van der Waals surface area contributed by atoms with E-state index in [0.29, 0.717) is 6.42 Å². The van der Waals surface area contributed by atoms with Crippen LogP contribution >= 0.6 is 0 Å². The number of hydrogen-bond acceptors (Lipinski definition) is 3. The number of carbonyl (C=O) groups is 2. The quantitative estimate of drug-likeness (QED) is 0.725. The number of rotatable bonds is 7. The second kappa shape index (κ2) is 6.18. The summed E-state index contributed by atoms with van der Waals surface area (Å²) in [7, 11) is 1.63. The highest BCUT2D eigenvalue weighted by atomic mass is 16.5. The lowest BCUT2D eigenvalue weighted by Crippen LogP contribution is -2.47. The van der Waals surface area contributed by atoms with Crippen LogP contribution in [0.5, 0.6) is 0 Å². The number of carboxylic acid groups (broad SMARTS) is 1. The zero-order valence-electron chi connectivity index (χ0n) is 11.4.